The SMILES string of the molecule is NC(=O)Nc1cccc(Cc2nnn[nH]2)c1. The molecular weight excluding hydrogens is 208 g/mol. The topological polar surface area (TPSA) is 110 Å². The average molecular weight is 218 g/mol. The molecule has 0 radical (unpaired) electrons. The van der Waals surface area contributed by atoms with Gasteiger partial charge in [0.15, 0.2) is 5.82 Å². The van der Waals surface area contributed by atoms with Crippen LogP contribution in [0.3, 0.4) is 0 Å². The second-order valence-electron chi connectivity index (χ2n) is 3.21. The van der Waals surface area contributed by atoms with Crippen LogP contribution in [0.25, 0.3) is 0 Å². The molecular formula is C9H10N6O. The van der Waals surface area contributed by atoms with Gasteiger partial charge in [-0.3, -0.25) is 0 Å². The zero-order valence-corrected chi connectivity index (χ0v) is 8.34. The van der Waals surface area contributed by atoms with Crippen LogP contribution in [0.1, 0.15) is 11.4 Å². The number of hydrogen-bond donors (Lipinski definition) is 3. The van der Waals surface area contributed by atoms with Crippen molar-refractivity contribution in [1.82, 2.24) is 20.6 Å². The molecule has 0 bridgehead atoms. The minimum absolute atomic E-state index is 0.571. The molecule has 2 amide bonds. The molecule has 0 aliphatic heterocycles. The molecule has 0 spiro atoms. The number of aromatic nitrogens is 4. The number of carbonyl (C=O) groups excluding carboxylic acids is 1. The van der Waals surface area contributed by atoms with E-state index in [-0.39, 0.29) is 0 Å². The summed E-state index contributed by atoms with van der Waals surface area (Å²) in [6, 6.07) is 6.72. The van der Waals surface area contributed by atoms with Crippen molar-refractivity contribution in [2.24, 2.45) is 5.73 Å². The van der Waals surface area contributed by atoms with Crippen molar-refractivity contribution in [3.63, 3.8) is 0 Å². The van der Waals surface area contributed by atoms with E-state index in [1.165, 1.54) is 0 Å². The quantitative estimate of drug-likeness (QED) is 0.687. The number of primary amides is 1. The lowest BCUT2D eigenvalue weighted by atomic mass is 10.1. The Hall–Kier alpha value is -2.44. The Labute approximate surface area is 91.0 Å². The van der Waals surface area contributed by atoms with Crippen molar-refractivity contribution in [2.75, 3.05) is 5.32 Å². The zero-order valence-electron chi connectivity index (χ0n) is 8.34. The van der Waals surface area contributed by atoms with Gasteiger partial charge >= 0.3 is 6.03 Å². The van der Waals surface area contributed by atoms with Crippen LogP contribution in [0.4, 0.5) is 10.5 Å². The number of aromatic amines is 1. The van der Waals surface area contributed by atoms with E-state index in [1.54, 1.807) is 6.07 Å². The van der Waals surface area contributed by atoms with Gasteiger partial charge in [0.1, 0.15) is 0 Å². The number of hydrogen-bond acceptors (Lipinski definition) is 4. The summed E-state index contributed by atoms with van der Waals surface area (Å²) in [7, 11) is 0. The monoisotopic (exact) mass is 218 g/mol. The van der Waals surface area contributed by atoms with Gasteiger partial charge in [0.05, 0.1) is 0 Å². The summed E-state index contributed by atoms with van der Waals surface area (Å²) >= 11 is 0. The van der Waals surface area contributed by atoms with E-state index < -0.39 is 6.03 Å². The molecule has 16 heavy (non-hydrogen) atoms. The van der Waals surface area contributed by atoms with E-state index in [0.29, 0.717) is 17.9 Å². The van der Waals surface area contributed by atoms with Crippen LogP contribution in [0.5, 0.6) is 0 Å². The molecule has 0 saturated heterocycles. The van der Waals surface area contributed by atoms with Gasteiger partial charge in [0.2, 0.25) is 0 Å². The van der Waals surface area contributed by atoms with Crippen molar-refractivity contribution in [3.8, 4) is 0 Å². The highest BCUT2D eigenvalue weighted by Crippen LogP contribution is 2.12. The number of carbonyl (C=O) groups is 1. The first-order valence-corrected chi connectivity index (χ1v) is 4.62. The minimum Gasteiger partial charge on any atom is -0.351 e. The lowest BCUT2D eigenvalue weighted by molar-refractivity contribution is 0.259. The predicted octanol–water partition coefficient (Wildman–Crippen LogP) is 0.281. The van der Waals surface area contributed by atoms with Crippen LogP contribution in [0.15, 0.2) is 24.3 Å². The number of urea groups is 1. The van der Waals surface area contributed by atoms with Gasteiger partial charge in [-0.05, 0) is 28.1 Å². The smallest absolute Gasteiger partial charge is 0.316 e. The van der Waals surface area contributed by atoms with Crippen LogP contribution in [-0.4, -0.2) is 26.7 Å². The molecule has 7 heteroatoms. The number of nitrogens with zero attached hydrogens (tertiary/aromatic N) is 3. The number of nitrogens with one attached hydrogen (secondary N) is 2. The summed E-state index contributed by atoms with van der Waals surface area (Å²) in [5, 5.41) is 15.9. The van der Waals surface area contributed by atoms with Crippen LogP contribution in [0, 0.1) is 0 Å². The maximum atomic E-state index is 10.7. The first-order chi connectivity index (χ1) is 7.74. The number of amides is 2. The Balaban J connectivity index is 2.13. The van der Waals surface area contributed by atoms with Crippen LogP contribution in [-0.2, 0) is 6.42 Å². The average Bonchev–Trinajstić information content (AvgIpc) is 2.70. The molecule has 0 fully saturated rings. The van der Waals surface area contributed by atoms with Gasteiger partial charge in [-0.2, -0.15) is 0 Å². The third kappa shape index (κ3) is 2.53. The van der Waals surface area contributed by atoms with Gasteiger partial charge in [0, 0.05) is 12.1 Å². The molecule has 82 valence electrons. The van der Waals surface area contributed by atoms with Crippen molar-refractivity contribution in [3.05, 3.63) is 35.7 Å². The summed E-state index contributed by atoms with van der Waals surface area (Å²) in [4.78, 5) is 10.7. The molecule has 2 rings (SSSR count). The molecule has 1 aromatic heterocycles. The van der Waals surface area contributed by atoms with E-state index in [1.807, 2.05) is 18.2 Å². The summed E-state index contributed by atoms with van der Waals surface area (Å²) < 4.78 is 0. The van der Waals surface area contributed by atoms with Gasteiger partial charge in [-0.25, -0.2) is 9.89 Å². The van der Waals surface area contributed by atoms with Crippen LogP contribution in [0.2, 0.25) is 0 Å². The Kier molecular flexibility index (Phi) is 2.77. The van der Waals surface area contributed by atoms with E-state index >= 15 is 0 Å². The molecule has 1 aromatic carbocycles. The number of H-pyrrole nitrogens is 1. The highest BCUT2D eigenvalue weighted by molar-refractivity contribution is 5.87. The third-order valence-electron chi connectivity index (χ3n) is 1.96. The fourth-order valence-corrected chi connectivity index (χ4v) is 1.35. The van der Waals surface area contributed by atoms with Crippen molar-refractivity contribution in [1.29, 1.82) is 0 Å². The molecule has 0 atom stereocenters. The molecule has 4 N–H and O–H groups in total. The van der Waals surface area contributed by atoms with Crippen molar-refractivity contribution < 1.29 is 4.79 Å². The molecule has 0 aliphatic rings. The third-order valence-corrected chi connectivity index (χ3v) is 1.96. The first kappa shape index (κ1) is 10.1. The van der Waals surface area contributed by atoms with Gasteiger partial charge in [0.25, 0.3) is 0 Å². The lowest BCUT2D eigenvalue weighted by Crippen LogP contribution is -2.19. The summed E-state index contributed by atoms with van der Waals surface area (Å²) in [5.74, 6) is 0.663. The van der Waals surface area contributed by atoms with Crippen LogP contribution >= 0.6 is 0 Å². The second kappa shape index (κ2) is 4.39. The minimum atomic E-state index is -0.585. The summed E-state index contributed by atoms with van der Waals surface area (Å²) in [6.07, 6.45) is 0.571. The predicted molar refractivity (Wildman–Crippen MR) is 56.6 cm³/mol. The van der Waals surface area contributed by atoms with E-state index in [9.17, 15) is 4.79 Å². The lowest BCUT2D eigenvalue weighted by Gasteiger charge is -2.03. The van der Waals surface area contributed by atoms with Gasteiger partial charge in [-0.15, -0.1) is 5.10 Å². The van der Waals surface area contributed by atoms with Gasteiger partial charge in [-0.1, -0.05) is 12.1 Å². The maximum Gasteiger partial charge on any atom is 0.316 e. The van der Waals surface area contributed by atoms with Gasteiger partial charge < -0.3 is 11.1 Å². The van der Waals surface area contributed by atoms with Crippen molar-refractivity contribution >= 4 is 11.7 Å². The number of benzene rings is 1. The largest absolute Gasteiger partial charge is 0.351 e. The van der Waals surface area contributed by atoms with Crippen molar-refractivity contribution in [2.45, 2.75) is 6.42 Å². The number of nitrogens with two attached hydrogens (primary N) is 1. The highest BCUT2D eigenvalue weighted by Gasteiger charge is 2.01. The molecule has 0 aliphatic carbocycles. The maximum absolute atomic E-state index is 10.7. The van der Waals surface area contributed by atoms with E-state index in [4.69, 9.17) is 5.73 Å². The summed E-state index contributed by atoms with van der Waals surface area (Å²) in [6.45, 7) is 0. The Morgan fingerprint density at radius 3 is 3.06 bits per heavy atom. The number of tetrazole rings is 1. The molecule has 2 aromatic rings. The Bertz CT molecular complexity index is 481. The normalized spacial score (nSPS) is 10.0. The Morgan fingerprint density at radius 1 is 1.50 bits per heavy atom. The standard InChI is InChI=1S/C9H10N6O/c10-9(16)11-7-3-1-2-6(4-7)5-8-12-14-15-13-8/h1-4H,5H2,(H3,10,11,16)(H,12,13,14,15). The number of anilines is 1. The van der Waals surface area contributed by atoms with E-state index in [2.05, 4.69) is 25.9 Å². The molecule has 0 saturated carbocycles. The first-order valence-electron chi connectivity index (χ1n) is 4.62. The Morgan fingerprint density at radius 2 is 2.38 bits per heavy atom. The fourth-order valence-electron chi connectivity index (χ4n) is 1.35. The summed E-state index contributed by atoms with van der Waals surface area (Å²) in [5.41, 5.74) is 6.65. The van der Waals surface area contributed by atoms with E-state index in [0.717, 1.165) is 5.56 Å². The zero-order chi connectivity index (χ0) is 11.4. The number of rotatable bonds is 3. The fraction of sp³-hybridized carbons (Fsp3) is 0.111. The second-order valence-corrected chi connectivity index (χ2v) is 3.21. The molecule has 1 heterocycles. The highest BCUT2D eigenvalue weighted by atomic mass is 16.2. The molecule has 7 nitrogen and oxygen atoms in total. The molecule has 0 unspecified atom stereocenters. The van der Waals surface area contributed by atoms with Crippen LogP contribution < -0.4 is 11.1 Å².